The highest BCUT2D eigenvalue weighted by molar-refractivity contribution is 9.10. The average molecular weight is 313 g/mol. The predicted octanol–water partition coefficient (Wildman–Crippen LogP) is 3.83. The fourth-order valence-corrected chi connectivity index (χ4v) is 2.44. The Labute approximate surface area is 113 Å². The van der Waals surface area contributed by atoms with E-state index in [1.165, 1.54) is 0 Å². The van der Waals surface area contributed by atoms with Gasteiger partial charge in [0.2, 0.25) is 0 Å². The van der Waals surface area contributed by atoms with Crippen LogP contribution in [-0.2, 0) is 6.54 Å². The summed E-state index contributed by atoms with van der Waals surface area (Å²) in [5, 5.41) is 6.49. The van der Waals surface area contributed by atoms with Crippen molar-refractivity contribution in [1.82, 2.24) is 4.98 Å². The molecule has 1 aromatic carbocycles. The van der Waals surface area contributed by atoms with E-state index in [4.69, 9.17) is 4.74 Å². The lowest BCUT2D eigenvalue weighted by molar-refractivity contribution is 0.415. The molecule has 0 atom stereocenters. The van der Waals surface area contributed by atoms with E-state index in [0.29, 0.717) is 0 Å². The number of nitrogens with zero attached hydrogens (tertiary/aromatic N) is 1. The first kappa shape index (κ1) is 12.4. The number of anilines is 1. The summed E-state index contributed by atoms with van der Waals surface area (Å²) in [5.74, 6) is 0.838. The molecule has 0 radical (unpaired) electrons. The van der Waals surface area contributed by atoms with Gasteiger partial charge in [0.15, 0.2) is 0 Å². The second-order valence-electron chi connectivity index (χ2n) is 3.56. The number of thiazole rings is 1. The second-order valence-corrected chi connectivity index (χ2v) is 5.47. The molecule has 0 unspecified atom stereocenters. The van der Waals surface area contributed by atoms with Crippen molar-refractivity contribution in [3.8, 4) is 5.75 Å². The van der Waals surface area contributed by atoms with Crippen LogP contribution in [0.25, 0.3) is 0 Å². The summed E-state index contributed by atoms with van der Waals surface area (Å²) in [6.07, 6.45) is 0. The second kappa shape index (κ2) is 5.51. The maximum atomic E-state index is 5.19. The van der Waals surface area contributed by atoms with Crippen molar-refractivity contribution in [3.63, 3.8) is 0 Å². The first-order valence-corrected chi connectivity index (χ1v) is 6.84. The molecule has 0 saturated carbocycles. The zero-order chi connectivity index (χ0) is 12.3. The van der Waals surface area contributed by atoms with Crippen LogP contribution in [0, 0.1) is 6.92 Å². The van der Waals surface area contributed by atoms with Crippen LogP contribution in [0.4, 0.5) is 5.69 Å². The van der Waals surface area contributed by atoms with Gasteiger partial charge in [-0.1, -0.05) is 0 Å². The smallest absolute Gasteiger partial charge is 0.121 e. The van der Waals surface area contributed by atoms with Crippen LogP contribution in [0.5, 0.6) is 5.75 Å². The number of rotatable bonds is 4. The summed E-state index contributed by atoms with van der Waals surface area (Å²) in [6, 6.07) is 5.85. The molecule has 0 fully saturated rings. The van der Waals surface area contributed by atoms with Gasteiger partial charge in [-0.3, -0.25) is 0 Å². The molecule has 2 rings (SSSR count). The van der Waals surface area contributed by atoms with Crippen LogP contribution in [0.3, 0.4) is 0 Å². The Hall–Kier alpha value is -1.07. The van der Waals surface area contributed by atoms with Crippen molar-refractivity contribution in [2.75, 3.05) is 12.4 Å². The van der Waals surface area contributed by atoms with Crippen LogP contribution in [0.2, 0.25) is 0 Å². The number of halogens is 1. The van der Waals surface area contributed by atoms with Crippen LogP contribution < -0.4 is 10.1 Å². The van der Waals surface area contributed by atoms with Crippen molar-refractivity contribution in [3.05, 3.63) is 38.8 Å². The quantitative estimate of drug-likeness (QED) is 0.931. The molecule has 0 aliphatic rings. The van der Waals surface area contributed by atoms with Crippen molar-refractivity contribution < 1.29 is 4.74 Å². The van der Waals surface area contributed by atoms with Gasteiger partial charge in [0, 0.05) is 15.9 Å². The van der Waals surface area contributed by atoms with Crippen molar-refractivity contribution in [2.24, 2.45) is 0 Å². The molecule has 1 N–H and O–H groups in total. The molecular formula is C12H13BrN2OS. The number of nitrogens with one attached hydrogen (secondary N) is 1. The van der Waals surface area contributed by atoms with Crippen LogP contribution in [0.1, 0.15) is 10.7 Å². The molecule has 2 aromatic rings. The van der Waals surface area contributed by atoms with Gasteiger partial charge in [-0.25, -0.2) is 4.98 Å². The summed E-state index contributed by atoms with van der Waals surface area (Å²) in [6.45, 7) is 2.73. The highest BCUT2D eigenvalue weighted by Crippen LogP contribution is 2.27. The third-order valence-corrected chi connectivity index (χ3v) is 3.81. The third-order valence-electron chi connectivity index (χ3n) is 2.30. The van der Waals surface area contributed by atoms with Gasteiger partial charge in [0.25, 0.3) is 0 Å². The van der Waals surface area contributed by atoms with E-state index < -0.39 is 0 Å². The highest BCUT2D eigenvalue weighted by Gasteiger charge is 2.03. The lowest BCUT2D eigenvalue weighted by Gasteiger charge is -2.09. The molecule has 1 heterocycles. The monoisotopic (exact) mass is 312 g/mol. The molecule has 0 spiro atoms. The van der Waals surface area contributed by atoms with E-state index in [1.807, 2.05) is 25.1 Å². The minimum absolute atomic E-state index is 0.718. The van der Waals surface area contributed by atoms with E-state index in [-0.39, 0.29) is 0 Å². The van der Waals surface area contributed by atoms with Gasteiger partial charge in [-0.2, -0.15) is 0 Å². The topological polar surface area (TPSA) is 34.1 Å². The minimum Gasteiger partial charge on any atom is -0.497 e. The van der Waals surface area contributed by atoms with Gasteiger partial charge < -0.3 is 10.1 Å². The van der Waals surface area contributed by atoms with Crippen LogP contribution in [0.15, 0.2) is 28.1 Å². The molecule has 0 aliphatic heterocycles. The Morgan fingerprint density at radius 1 is 1.47 bits per heavy atom. The molecule has 90 valence electrons. The van der Waals surface area contributed by atoms with E-state index in [1.54, 1.807) is 18.4 Å². The van der Waals surface area contributed by atoms with Crippen LogP contribution >= 0.6 is 27.3 Å². The highest BCUT2D eigenvalue weighted by atomic mass is 79.9. The lowest BCUT2D eigenvalue weighted by Crippen LogP contribution is -2.00. The zero-order valence-electron chi connectivity index (χ0n) is 9.66. The molecule has 0 amide bonds. The number of aryl methyl sites for hydroxylation is 1. The molecule has 0 bridgehead atoms. The van der Waals surface area contributed by atoms with Gasteiger partial charge in [-0.05, 0) is 35.0 Å². The number of hydrogen-bond donors (Lipinski definition) is 1. The van der Waals surface area contributed by atoms with Gasteiger partial charge in [0.1, 0.15) is 5.75 Å². The molecular weight excluding hydrogens is 300 g/mol. The standard InChI is InChI=1S/C12H13BrN2OS/c1-8-15-9(7-17-8)6-14-12-5-10(16-2)3-4-11(12)13/h3-5,7,14H,6H2,1-2H3. The Morgan fingerprint density at radius 3 is 2.94 bits per heavy atom. The predicted molar refractivity (Wildman–Crippen MR) is 74.9 cm³/mol. The van der Waals surface area contributed by atoms with Crippen molar-refractivity contribution in [2.45, 2.75) is 13.5 Å². The van der Waals surface area contributed by atoms with Crippen molar-refractivity contribution >= 4 is 33.0 Å². The Kier molecular flexibility index (Phi) is 4.02. The van der Waals surface area contributed by atoms with Crippen molar-refractivity contribution in [1.29, 1.82) is 0 Å². The SMILES string of the molecule is COc1ccc(Br)c(NCc2csc(C)n2)c1. The molecule has 0 aliphatic carbocycles. The van der Waals surface area contributed by atoms with Gasteiger partial charge in [-0.15, -0.1) is 11.3 Å². The van der Waals surface area contributed by atoms with E-state index in [0.717, 1.165) is 33.2 Å². The first-order chi connectivity index (χ1) is 8.19. The number of benzene rings is 1. The molecule has 1 aromatic heterocycles. The maximum Gasteiger partial charge on any atom is 0.121 e. The average Bonchev–Trinajstić information content (AvgIpc) is 2.74. The summed E-state index contributed by atoms with van der Waals surface area (Å²) in [5.41, 5.74) is 2.07. The summed E-state index contributed by atoms with van der Waals surface area (Å²) in [4.78, 5) is 4.41. The Balaban J connectivity index is 2.07. The number of aromatic nitrogens is 1. The Morgan fingerprint density at radius 2 is 2.29 bits per heavy atom. The summed E-state index contributed by atoms with van der Waals surface area (Å²) in [7, 11) is 1.66. The number of hydrogen-bond acceptors (Lipinski definition) is 4. The third kappa shape index (κ3) is 3.20. The molecule has 17 heavy (non-hydrogen) atoms. The molecule has 3 nitrogen and oxygen atoms in total. The van der Waals surface area contributed by atoms with E-state index >= 15 is 0 Å². The fraction of sp³-hybridized carbons (Fsp3) is 0.250. The van der Waals surface area contributed by atoms with Gasteiger partial charge >= 0.3 is 0 Å². The first-order valence-electron chi connectivity index (χ1n) is 5.17. The molecule has 0 saturated heterocycles. The maximum absolute atomic E-state index is 5.19. The Bertz CT molecular complexity index is 513. The van der Waals surface area contributed by atoms with E-state index in [9.17, 15) is 0 Å². The summed E-state index contributed by atoms with van der Waals surface area (Å²) >= 11 is 5.17. The zero-order valence-corrected chi connectivity index (χ0v) is 12.1. The van der Waals surface area contributed by atoms with E-state index in [2.05, 4.69) is 31.6 Å². The van der Waals surface area contributed by atoms with Crippen LogP contribution in [-0.4, -0.2) is 12.1 Å². The normalized spacial score (nSPS) is 10.3. The number of methoxy groups -OCH3 is 1. The minimum atomic E-state index is 0.718. The lowest BCUT2D eigenvalue weighted by atomic mass is 10.3. The summed E-state index contributed by atoms with van der Waals surface area (Å²) < 4.78 is 6.21. The fourth-order valence-electron chi connectivity index (χ4n) is 1.44. The number of ether oxygens (including phenoxy) is 1. The van der Waals surface area contributed by atoms with Gasteiger partial charge in [0.05, 0.1) is 30.0 Å². The molecule has 5 heteroatoms. The largest absolute Gasteiger partial charge is 0.497 e.